The van der Waals surface area contributed by atoms with Crippen LogP contribution in [0.4, 0.5) is 21.9 Å². The van der Waals surface area contributed by atoms with Crippen LogP contribution in [-0.2, 0) is 4.74 Å². The first kappa shape index (κ1) is 13.8. The topological polar surface area (TPSA) is 107 Å². The van der Waals surface area contributed by atoms with Crippen molar-refractivity contribution in [3.05, 3.63) is 28.3 Å². The first-order chi connectivity index (χ1) is 8.19. The van der Waals surface area contributed by atoms with E-state index in [-0.39, 0.29) is 17.1 Å². The van der Waals surface area contributed by atoms with Crippen molar-refractivity contribution < 1.29 is 14.5 Å². The predicted molar refractivity (Wildman–Crippen MR) is 67.4 cm³/mol. The van der Waals surface area contributed by atoms with Gasteiger partial charge in [0.25, 0.3) is 5.69 Å². The number of non-ortho nitro benzene ring substituents is 1. The lowest BCUT2D eigenvalue weighted by atomic mass is 10.2. The third kappa shape index (κ3) is 3.93. The molecule has 0 aliphatic rings. The van der Waals surface area contributed by atoms with Gasteiger partial charge in [-0.05, 0) is 26.8 Å². The summed E-state index contributed by atoms with van der Waals surface area (Å²) in [4.78, 5) is 21.5. The molecule has 7 heteroatoms. The van der Waals surface area contributed by atoms with Crippen molar-refractivity contribution in [3.63, 3.8) is 0 Å². The van der Waals surface area contributed by atoms with E-state index in [0.29, 0.717) is 0 Å². The minimum absolute atomic E-state index is 0.151. The van der Waals surface area contributed by atoms with Crippen LogP contribution in [0.2, 0.25) is 0 Å². The number of hydrogen-bond donors (Lipinski definition) is 2. The second-order valence-electron chi connectivity index (χ2n) is 4.66. The maximum Gasteiger partial charge on any atom is 0.412 e. The van der Waals surface area contributed by atoms with E-state index in [4.69, 9.17) is 10.5 Å². The highest BCUT2D eigenvalue weighted by Crippen LogP contribution is 2.24. The number of nitrogens with zero attached hydrogens (tertiary/aromatic N) is 1. The van der Waals surface area contributed by atoms with Crippen molar-refractivity contribution in [1.82, 2.24) is 0 Å². The van der Waals surface area contributed by atoms with Gasteiger partial charge in [0.15, 0.2) is 0 Å². The third-order valence-electron chi connectivity index (χ3n) is 1.88. The van der Waals surface area contributed by atoms with Crippen LogP contribution in [0.1, 0.15) is 20.8 Å². The smallest absolute Gasteiger partial charge is 0.412 e. The Hall–Kier alpha value is -2.31. The van der Waals surface area contributed by atoms with Crippen LogP contribution in [-0.4, -0.2) is 16.6 Å². The molecule has 0 saturated heterocycles. The Morgan fingerprint density at radius 2 is 2.06 bits per heavy atom. The van der Waals surface area contributed by atoms with E-state index in [1.165, 1.54) is 18.2 Å². The minimum atomic E-state index is -0.713. The van der Waals surface area contributed by atoms with Crippen molar-refractivity contribution in [3.8, 4) is 0 Å². The number of nitro benzene ring substituents is 1. The Kier molecular flexibility index (Phi) is 3.75. The summed E-state index contributed by atoms with van der Waals surface area (Å²) in [5.41, 5.74) is 5.18. The van der Waals surface area contributed by atoms with E-state index >= 15 is 0 Å². The van der Waals surface area contributed by atoms with E-state index in [0.717, 1.165) is 0 Å². The number of carbonyl (C=O) groups is 1. The number of benzene rings is 1. The maximum atomic E-state index is 11.5. The Morgan fingerprint density at radius 1 is 1.44 bits per heavy atom. The maximum absolute atomic E-state index is 11.5. The number of nitrogens with one attached hydrogen (secondary N) is 1. The lowest BCUT2D eigenvalue weighted by molar-refractivity contribution is -0.384. The largest absolute Gasteiger partial charge is 0.444 e. The quantitative estimate of drug-likeness (QED) is 0.478. The molecule has 0 aliphatic heterocycles. The molecule has 7 nitrogen and oxygen atoms in total. The lowest BCUT2D eigenvalue weighted by Crippen LogP contribution is -2.27. The fourth-order valence-electron chi connectivity index (χ4n) is 1.18. The lowest BCUT2D eigenvalue weighted by Gasteiger charge is -2.20. The van der Waals surface area contributed by atoms with Gasteiger partial charge in [-0.2, -0.15) is 0 Å². The SMILES string of the molecule is CC(C)(C)OC(=O)Nc1cc([N+](=O)[O-])ccc1N. The number of nitrogen functional groups attached to an aromatic ring is 1. The molecule has 0 bridgehead atoms. The number of hydrogen-bond acceptors (Lipinski definition) is 5. The van der Waals surface area contributed by atoms with Crippen molar-refractivity contribution in [1.29, 1.82) is 0 Å². The van der Waals surface area contributed by atoms with E-state index < -0.39 is 16.6 Å². The van der Waals surface area contributed by atoms with Crippen molar-refractivity contribution in [2.24, 2.45) is 0 Å². The molecule has 18 heavy (non-hydrogen) atoms. The van der Waals surface area contributed by atoms with E-state index in [1.54, 1.807) is 20.8 Å². The molecule has 1 amide bonds. The highest BCUT2D eigenvalue weighted by Gasteiger charge is 2.18. The molecule has 0 saturated carbocycles. The fourth-order valence-corrected chi connectivity index (χ4v) is 1.18. The van der Waals surface area contributed by atoms with Gasteiger partial charge in [-0.15, -0.1) is 0 Å². The van der Waals surface area contributed by atoms with E-state index in [2.05, 4.69) is 5.32 Å². The summed E-state index contributed by atoms with van der Waals surface area (Å²) in [5.74, 6) is 0. The zero-order valence-electron chi connectivity index (χ0n) is 10.4. The molecule has 0 fully saturated rings. The second kappa shape index (κ2) is 4.91. The second-order valence-corrected chi connectivity index (χ2v) is 4.66. The number of carbonyl (C=O) groups excluding carboxylic acids is 1. The zero-order valence-corrected chi connectivity index (χ0v) is 10.4. The molecule has 1 aromatic carbocycles. The fraction of sp³-hybridized carbons (Fsp3) is 0.364. The Morgan fingerprint density at radius 3 is 2.56 bits per heavy atom. The van der Waals surface area contributed by atoms with Crippen molar-refractivity contribution >= 4 is 23.2 Å². The zero-order chi connectivity index (χ0) is 13.9. The van der Waals surface area contributed by atoms with E-state index in [1.807, 2.05) is 0 Å². The summed E-state index contributed by atoms with van der Waals surface area (Å²) in [7, 11) is 0. The number of ether oxygens (including phenoxy) is 1. The van der Waals surface area contributed by atoms with Gasteiger partial charge >= 0.3 is 6.09 Å². The first-order valence-electron chi connectivity index (χ1n) is 5.23. The summed E-state index contributed by atoms with van der Waals surface area (Å²) in [6.07, 6.45) is -0.713. The third-order valence-corrected chi connectivity index (χ3v) is 1.88. The van der Waals surface area contributed by atoms with Crippen LogP contribution in [0.15, 0.2) is 18.2 Å². The molecule has 0 spiro atoms. The summed E-state index contributed by atoms with van der Waals surface area (Å²) in [5, 5.41) is 13.0. The van der Waals surface area contributed by atoms with Gasteiger partial charge < -0.3 is 10.5 Å². The number of anilines is 2. The molecule has 0 unspecified atom stereocenters. The van der Waals surface area contributed by atoms with Crippen LogP contribution < -0.4 is 11.1 Å². The van der Waals surface area contributed by atoms with Gasteiger partial charge in [-0.3, -0.25) is 15.4 Å². The minimum Gasteiger partial charge on any atom is -0.444 e. The Balaban J connectivity index is 2.87. The molecular formula is C11H15N3O4. The van der Waals surface area contributed by atoms with Gasteiger partial charge in [-0.1, -0.05) is 0 Å². The molecule has 1 rings (SSSR count). The van der Waals surface area contributed by atoms with Crippen LogP contribution >= 0.6 is 0 Å². The summed E-state index contributed by atoms with van der Waals surface area (Å²) in [6.45, 7) is 5.14. The number of nitro groups is 1. The Labute approximate surface area is 104 Å². The van der Waals surface area contributed by atoms with Gasteiger partial charge in [-0.25, -0.2) is 4.79 Å². The van der Waals surface area contributed by atoms with Gasteiger partial charge in [0, 0.05) is 12.1 Å². The summed E-state index contributed by atoms with van der Waals surface area (Å²) in [6, 6.07) is 3.79. The molecule has 3 N–H and O–H groups in total. The van der Waals surface area contributed by atoms with Crippen molar-refractivity contribution in [2.75, 3.05) is 11.1 Å². The molecule has 0 atom stereocenters. The van der Waals surface area contributed by atoms with Crippen LogP contribution in [0.25, 0.3) is 0 Å². The van der Waals surface area contributed by atoms with Crippen LogP contribution in [0.5, 0.6) is 0 Å². The standard InChI is InChI=1S/C11H15N3O4/c1-11(2,3)18-10(15)13-9-6-7(14(16)17)4-5-8(9)12/h4-6H,12H2,1-3H3,(H,13,15). The van der Waals surface area contributed by atoms with Gasteiger partial charge in [0.05, 0.1) is 16.3 Å². The average Bonchev–Trinajstić information content (AvgIpc) is 2.18. The normalized spacial score (nSPS) is 10.8. The van der Waals surface area contributed by atoms with E-state index in [9.17, 15) is 14.9 Å². The van der Waals surface area contributed by atoms with Crippen molar-refractivity contribution in [2.45, 2.75) is 26.4 Å². The molecule has 0 heterocycles. The average molecular weight is 253 g/mol. The molecule has 98 valence electrons. The number of rotatable bonds is 2. The first-order valence-corrected chi connectivity index (χ1v) is 5.23. The molecule has 1 aromatic rings. The highest BCUT2D eigenvalue weighted by atomic mass is 16.6. The van der Waals surface area contributed by atoms with Crippen LogP contribution in [0.3, 0.4) is 0 Å². The number of amides is 1. The molecular weight excluding hydrogens is 238 g/mol. The summed E-state index contributed by atoms with van der Waals surface area (Å²) < 4.78 is 5.02. The van der Waals surface area contributed by atoms with Gasteiger partial charge in [0.2, 0.25) is 0 Å². The molecule has 0 aliphatic carbocycles. The molecule has 0 aromatic heterocycles. The predicted octanol–water partition coefficient (Wildman–Crippen LogP) is 2.52. The Bertz CT molecular complexity index is 480. The number of nitrogens with two attached hydrogens (primary N) is 1. The monoisotopic (exact) mass is 253 g/mol. The molecule has 0 radical (unpaired) electrons. The summed E-state index contributed by atoms with van der Waals surface area (Å²) >= 11 is 0. The van der Waals surface area contributed by atoms with Gasteiger partial charge in [0.1, 0.15) is 5.60 Å². The highest BCUT2D eigenvalue weighted by molar-refractivity contribution is 5.89. The van der Waals surface area contributed by atoms with Crippen LogP contribution in [0, 0.1) is 10.1 Å².